The molecule has 0 amide bonds. The second-order valence-corrected chi connectivity index (χ2v) is 10.8. The van der Waals surface area contributed by atoms with Gasteiger partial charge in [0.15, 0.2) is 0 Å². The fourth-order valence-corrected chi connectivity index (χ4v) is 6.32. The fourth-order valence-electron chi connectivity index (χ4n) is 5.14. The number of rotatable bonds is 10. The van der Waals surface area contributed by atoms with Gasteiger partial charge in [-0.3, -0.25) is 19.6 Å². The van der Waals surface area contributed by atoms with Crippen molar-refractivity contribution < 1.29 is 19.1 Å². The van der Waals surface area contributed by atoms with Gasteiger partial charge >= 0.3 is 11.9 Å². The van der Waals surface area contributed by atoms with Crippen LogP contribution in [0.2, 0.25) is 0 Å². The van der Waals surface area contributed by atoms with Crippen molar-refractivity contribution >= 4 is 40.8 Å². The van der Waals surface area contributed by atoms with Crippen LogP contribution in [0.5, 0.6) is 0 Å². The summed E-state index contributed by atoms with van der Waals surface area (Å²) in [4.78, 5) is 40.6. The minimum Gasteiger partial charge on any atom is -0.465 e. The van der Waals surface area contributed by atoms with Crippen molar-refractivity contribution in [2.75, 3.05) is 13.2 Å². The summed E-state index contributed by atoms with van der Waals surface area (Å²) in [5, 5.41) is 9.06. The highest BCUT2D eigenvalue weighted by Crippen LogP contribution is 2.37. The van der Waals surface area contributed by atoms with Crippen LogP contribution in [0.15, 0.2) is 53.3 Å². The molecular weight excluding hydrogens is 524 g/mol. The van der Waals surface area contributed by atoms with Crippen LogP contribution in [-0.2, 0) is 31.9 Å². The van der Waals surface area contributed by atoms with Gasteiger partial charge in [-0.05, 0) is 55.0 Å². The first-order valence-corrected chi connectivity index (χ1v) is 14.7. The van der Waals surface area contributed by atoms with Crippen molar-refractivity contribution in [2.45, 2.75) is 59.3 Å². The maximum absolute atomic E-state index is 13.7. The molecule has 2 atom stereocenters. The molecule has 4 rings (SSSR count). The van der Waals surface area contributed by atoms with Gasteiger partial charge in [0, 0.05) is 5.92 Å². The third-order valence-electron chi connectivity index (χ3n) is 6.96. The average molecular weight is 561 g/mol. The largest absolute Gasteiger partial charge is 0.465 e. The Morgan fingerprint density at radius 2 is 1.48 bits per heavy atom. The molecule has 0 bridgehead atoms. The van der Waals surface area contributed by atoms with E-state index >= 15 is 0 Å². The van der Waals surface area contributed by atoms with Crippen LogP contribution in [-0.4, -0.2) is 35.6 Å². The zero-order valence-corrected chi connectivity index (χ0v) is 24.3. The second-order valence-electron chi connectivity index (χ2n) is 9.77. The minimum atomic E-state index is -1.18. The lowest BCUT2D eigenvalue weighted by molar-refractivity contribution is -0.146. The summed E-state index contributed by atoms with van der Waals surface area (Å²) in [5.41, 5.74) is 3.62. The van der Waals surface area contributed by atoms with Gasteiger partial charge < -0.3 is 9.47 Å². The highest BCUT2D eigenvalue weighted by Gasteiger charge is 2.45. The van der Waals surface area contributed by atoms with Crippen molar-refractivity contribution in [1.82, 2.24) is 4.57 Å². The van der Waals surface area contributed by atoms with Crippen LogP contribution < -0.4 is 14.8 Å². The molecule has 2 heterocycles. The molecular formula is C32H36N2O5S. The first-order valence-electron chi connectivity index (χ1n) is 13.9. The number of aromatic nitrogens is 1. The molecule has 0 saturated heterocycles. The SMILES string of the molecule is CCCc1ccc(C=c2sc3n(c2=O)C(=N)C(C(=O)OCC)C(c2ccc(CCC)cc2)C=3C(=O)OCC)cc1. The van der Waals surface area contributed by atoms with Gasteiger partial charge in [-0.1, -0.05) is 75.2 Å². The minimum absolute atomic E-state index is 0.109. The highest BCUT2D eigenvalue weighted by molar-refractivity contribution is 7.07. The van der Waals surface area contributed by atoms with Gasteiger partial charge in [-0.2, -0.15) is 0 Å². The van der Waals surface area contributed by atoms with Crippen molar-refractivity contribution in [3.8, 4) is 0 Å². The predicted octanol–water partition coefficient (Wildman–Crippen LogP) is 4.16. The van der Waals surface area contributed by atoms with Crippen LogP contribution in [0.4, 0.5) is 0 Å². The predicted molar refractivity (Wildman–Crippen MR) is 158 cm³/mol. The molecule has 3 aromatic rings. The maximum Gasteiger partial charge on any atom is 0.337 e. The standard InChI is InChI=1S/C32H36N2O5S/c1-5-9-20-11-13-22(14-12-20)19-24-29(35)34-28(33)26(31(36)38-7-3)25(23-17-15-21(10-6-2)16-18-23)27(30(34)40-24)32(37)39-8-4/h11-19,25-26,33H,5-10H2,1-4H3. The molecule has 0 radical (unpaired) electrons. The van der Waals surface area contributed by atoms with E-state index in [2.05, 4.69) is 13.8 Å². The number of thiazole rings is 1. The molecule has 1 aliphatic rings. The number of carbonyl (C=O) groups excluding carboxylic acids is 2. The Morgan fingerprint density at radius 1 is 0.900 bits per heavy atom. The molecule has 1 aliphatic heterocycles. The molecule has 2 unspecified atom stereocenters. The molecule has 0 saturated carbocycles. The summed E-state index contributed by atoms with van der Waals surface area (Å²) < 4.78 is 12.7. The number of nitrogens with zero attached hydrogens (tertiary/aromatic N) is 1. The van der Waals surface area contributed by atoms with Gasteiger partial charge in [0.1, 0.15) is 16.4 Å². The van der Waals surface area contributed by atoms with E-state index < -0.39 is 29.3 Å². The van der Waals surface area contributed by atoms with E-state index in [-0.39, 0.29) is 24.6 Å². The van der Waals surface area contributed by atoms with Crippen LogP contribution >= 0.6 is 11.3 Å². The van der Waals surface area contributed by atoms with E-state index in [0.29, 0.717) is 14.8 Å². The summed E-state index contributed by atoms with van der Waals surface area (Å²) in [6.45, 7) is 7.87. The van der Waals surface area contributed by atoms with Gasteiger partial charge in [0.25, 0.3) is 5.56 Å². The highest BCUT2D eigenvalue weighted by atomic mass is 32.1. The quantitative estimate of drug-likeness (QED) is 0.376. The van der Waals surface area contributed by atoms with Gasteiger partial charge in [0.2, 0.25) is 0 Å². The Balaban J connectivity index is 1.99. The molecule has 0 fully saturated rings. The molecule has 210 valence electrons. The molecule has 0 aliphatic carbocycles. The molecule has 0 spiro atoms. The van der Waals surface area contributed by atoms with Crippen molar-refractivity contribution in [3.63, 3.8) is 0 Å². The second kappa shape index (κ2) is 13.0. The number of hydrogen-bond donors (Lipinski definition) is 1. The third kappa shape index (κ3) is 5.87. The summed E-state index contributed by atoms with van der Waals surface area (Å²) in [7, 11) is 0. The normalized spacial score (nSPS) is 17.1. The van der Waals surface area contributed by atoms with E-state index in [1.807, 2.05) is 48.5 Å². The molecule has 7 nitrogen and oxygen atoms in total. The smallest absolute Gasteiger partial charge is 0.337 e. The van der Waals surface area contributed by atoms with E-state index in [4.69, 9.17) is 14.9 Å². The van der Waals surface area contributed by atoms with E-state index in [1.54, 1.807) is 19.9 Å². The average Bonchev–Trinajstić information content (AvgIpc) is 3.26. The number of benzene rings is 2. The Bertz CT molecular complexity index is 1570. The number of carbonyl (C=O) groups is 2. The number of ether oxygens (including phenoxy) is 2. The van der Waals surface area contributed by atoms with Crippen LogP contribution in [0.3, 0.4) is 0 Å². The summed E-state index contributed by atoms with van der Waals surface area (Å²) in [6, 6.07) is 15.7. The summed E-state index contributed by atoms with van der Waals surface area (Å²) in [6.07, 6.45) is 5.67. The first-order chi connectivity index (χ1) is 19.3. The van der Waals surface area contributed by atoms with E-state index in [9.17, 15) is 14.4 Å². The lowest BCUT2D eigenvalue weighted by Crippen LogP contribution is -2.50. The zero-order chi connectivity index (χ0) is 28.8. The summed E-state index contributed by atoms with van der Waals surface area (Å²) >= 11 is 1.14. The lowest BCUT2D eigenvalue weighted by atomic mass is 9.78. The Hall–Kier alpha value is -3.78. The Morgan fingerprint density at radius 3 is 2.02 bits per heavy atom. The van der Waals surface area contributed by atoms with Crippen LogP contribution in [0.1, 0.15) is 68.7 Å². The van der Waals surface area contributed by atoms with Gasteiger partial charge in [-0.15, -0.1) is 11.3 Å². The molecule has 2 aromatic carbocycles. The van der Waals surface area contributed by atoms with Crippen LogP contribution in [0, 0.1) is 11.3 Å². The van der Waals surface area contributed by atoms with Gasteiger partial charge in [0.05, 0.1) is 23.3 Å². The zero-order valence-electron chi connectivity index (χ0n) is 23.5. The fraction of sp³-hybridized carbons (Fsp3) is 0.375. The number of aryl methyl sites for hydroxylation is 2. The first kappa shape index (κ1) is 29.2. The number of esters is 2. The molecule has 1 N–H and O–H groups in total. The number of fused-ring (bicyclic) bond motifs is 1. The lowest BCUT2D eigenvalue weighted by Gasteiger charge is -2.31. The molecule has 40 heavy (non-hydrogen) atoms. The summed E-state index contributed by atoms with van der Waals surface area (Å²) in [5.74, 6) is -3.49. The maximum atomic E-state index is 13.7. The monoisotopic (exact) mass is 560 g/mol. The van der Waals surface area contributed by atoms with Crippen LogP contribution in [0.25, 0.3) is 11.6 Å². The third-order valence-corrected chi connectivity index (χ3v) is 8.07. The Kier molecular flexibility index (Phi) is 9.53. The van der Waals surface area contributed by atoms with Crippen molar-refractivity contribution in [2.24, 2.45) is 5.92 Å². The molecule has 8 heteroatoms. The molecule has 1 aromatic heterocycles. The van der Waals surface area contributed by atoms with Crippen molar-refractivity contribution in [3.05, 3.63) is 90.3 Å². The number of hydrogen-bond acceptors (Lipinski definition) is 7. The van der Waals surface area contributed by atoms with E-state index in [1.165, 1.54) is 10.1 Å². The van der Waals surface area contributed by atoms with E-state index in [0.717, 1.165) is 48.1 Å². The topological polar surface area (TPSA) is 98.5 Å². The Labute approximate surface area is 238 Å². The number of nitrogens with one attached hydrogen (secondary N) is 1. The van der Waals surface area contributed by atoms with Gasteiger partial charge in [-0.25, -0.2) is 4.79 Å². The van der Waals surface area contributed by atoms with Crippen molar-refractivity contribution in [1.29, 1.82) is 5.41 Å².